The SMILES string of the molecule is O=C(COC(=O)c1c[nH]c2ccccc12)Nc1nc2c(F)c(F)c(F)cc2s1. The van der Waals surface area contributed by atoms with Gasteiger partial charge in [-0.25, -0.2) is 22.9 Å². The minimum Gasteiger partial charge on any atom is -0.452 e. The first-order valence-corrected chi connectivity index (χ1v) is 8.73. The van der Waals surface area contributed by atoms with Crippen molar-refractivity contribution in [2.45, 2.75) is 0 Å². The monoisotopic (exact) mass is 405 g/mol. The second-order valence-electron chi connectivity index (χ2n) is 5.72. The number of hydrogen-bond donors (Lipinski definition) is 2. The molecule has 0 aliphatic heterocycles. The molecule has 0 atom stereocenters. The lowest BCUT2D eigenvalue weighted by atomic mass is 10.2. The summed E-state index contributed by atoms with van der Waals surface area (Å²) in [4.78, 5) is 30.8. The van der Waals surface area contributed by atoms with Crippen LogP contribution in [0.3, 0.4) is 0 Å². The van der Waals surface area contributed by atoms with Crippen LogP contribution in [-0.2, 0) is 9.53 Å². The summed E-state index contributed by atoms with van der Waals surface area (Å²) in [5.41, 5.74) is 0.626. The number of thiazole rings is 1. The summed E-state index contributed by atoms with van der Waals surface area (Å²) in [6, 6.07) is 7.88. The number of para-hydroxylation sites is 1. The maximum absolute atomic E-state index is 13.7. The van der Waals surface area contributed by atoms with Crippen LogP contribution in [0.4, 0.5) is 18.3 Å². The summed E-state index contributed by atoms with van der Waals surface area (Å²) in [7, 11) is 0. The second kappa shape index (κ2) is 6.97. The Kier molecular flexibility index (Phi) is 4.47. The average Bonchev–Trinajstić information content (AvgIpc) is 3.28. The first-order valence-electron chi connectivity index (χ1n) is 7.91. The number of H-pyrrole nitrogens is 1. The first-order chi connectivity index (χ1) is 13.4. The van der Waals surface area contributed by atoms with E-state index < -0.39 is 41.5 Å². The molecule has 2 aromatic heterocycles. The van der Waals surface area contributed by atoms with Crippen LogP contribution in [0.1, 0.15) is 10.4 Å². The molecule has 0 saturated heterocycles. The quantitative estimate of drug-likeness (QED) is 0.397. The fourth-order valence-electron chi connectivity index (χ4n) is 2.63. The Balaban J connectivity index is 1.44. The van der Waals surface area contributed by atoms with E-state index in [0.29, 0.717) is 5.39 Å². The molecule has 4 rings (SSSR count). The molecule has 6 nitrogen and oxygen atoms in total. The maximum Gasteiger partial charge on any atom is 0.340 e. The summed E-state index contributed by atoms with van der Waals surface area (Å²) in [5, 5.41) is 2.88. The molecule has 10 heteroatoms. The van der Waals surface area contributed by atoms with Gasteiger partial charge in [-0.15, -0.1) is 0 Å². The van der Waals surface area contributed by atoms with Crippen molar-refractivity contribution in [2.24, 2.45) is 0 Å². The van der Waals surface area contributed by atoms with Crippen molar-refractivity contribution in [3.63, 3.8) is 0 Å². The number of anilines is 1. The zero-order valence-electron chi connectivity index (χ0n) is 13.9. The maximum atomic E-state index is 13.7. The molecule has 2 heterocycles. The lowest BCUT2D eigenvalue weighted by Crippen LogP contribution is -2.20. The summed E-state index contributed by atoms with van der Waals surface area (Å²) in [5.74, 6) is -5.85. The van der Waals surface area contributed by atoms with E-state index in [9.17, 15) is 22.8 Å². The van der Waals surface area contributed by atoms with E-state index in [1.807, 2.05) is 0 Å². The zero-order chi connectivity index (χ0) is 19.8. The molecular weight excluding hydrogens is 395 g/mol. The lowest BCUT2D eigenvalue weighted by Gasteiger charge is -2.03. The van der Waals surface area contributed by atoms with Gasteiger partial charge in [-0.1, -0.05) is 29.5 Å². The van der Waals surface area contributed by atoms with Crippen LogP contribution in [0, 0.1) is 17.5 Å². The third-order valence-electron chi connectivity index (χ3n) is 3.91. The molecule has 2 N–H and O–H groups in total. The van der Waals surface area contributed by atoms with Crippen LogP contribution in [0.2, 0.25) is 0 Å². The van der Waals surface area contributed by atoms with Crippen molar-refractivity contribution in [3.8, 4) is 0 Å². The van der Waals surface area contributed by atoms with E-state index in [1.165, 1.54) is 6.20 Å². The van der Waals surface area contributed by atoms with E-state index >= 15 is 0 Å². The summed E-state index contributed by atoms with van der Waals surface area (Å²) < 4.78 is 45.2. The van der Waals surface area contributed by atoms with Gasteiger partial charge in [-0.05, 0) is 12.1 Å². The zero-order valence-corrected chi connectivity index (χ0v) is 14.7. The van der Waals surface area contributed by atoms with Gasteiger partial charge < -0.3 is 9.72 Å². The minimum atomic E-state index is -1.64. The van der Waals surface area contributed by atoms with Gasteiger partial charge in [0.2, 0.25) is 0 Å². The highest BCUT2D eigenvalue weighted by Gasteiger charge is 2.19. The molecule has 0 bridgehead atoms. The molecule has 2 aromatic carbocycles. The number of aromatic amines is 1. The van der Waals surface area contributed by atoms with Gasteiger partial charge in [0.05, 0.1) is 10.3 Å². The van der Waals surface area contributed by atoms with Gasteiger partial charge in [0.25, 0.3) is 5.91 Å². The number of carbonyl (C=O) groups excluding carboxylic acids is 2. The highest BCUT2D eigenvalue weighted by atomic mass is 32.1. The van der Waals surface area contributed by atoms with E-state index in [-0.39, 0.29) is 15.4 Å². The Hall–Kier alpha value is -3.40. The Morgan fingerprint density at radius 1 is 1.18 bits per heavy atom. The molecule has 0 unspecified atom stereocenters. The largest absolute Gasteiger partial charge is 0.452 e. The summed E-state index contributed by atoms with van der Waals surface area (Å²) >= 11 is 0.761. The Bertz CT molecular complexity index is 1230. The van der Waals surface area contributed by atoms with Gasteiger partial charge in [-0.3, -0.25) is 10.1 Å². The molecule has 0 saturated carbocycles. The van der Waals surface area contributed by atoms with Gasteiger partial charge in [0.1, 0.15) is 5.52 Å². The van der Waals surface area contributed by atoms with Gasteiger partial charge in [0, 0.05) is 17.1 Å². The number of carbonyl (C=O) groups is 2. The molecule has 28 heavy (non-hydrogen) atoms. The topological polar surface area (TPSA) is 84.1 Å². The van der Waals surface area contributed by atoms with E-state index in [4.69, 9.17) is 4.74 Å². The number of nitrogens with one attached hydrogen (secondary N) is 2. The number of fused-ring (bicyclic) bond motifs is 2. The third-order valence-corrected chi connectivity index (χ3v) is 4.83. The predicted molar refractivity (Wildman–Crippen MR) is 96.7 cm³/mol. The van der Waals surface area contributed by atoms with Gasteiger partial charge >= 0.3 is 5.97 Å². The van der Waals surface area contributed by atoms with Crippen LogP contribution in [0.15, 0.2) is 36.5 Å². The minimum absolute atomic E-state index is 0.0301. The van der Waals surface area contributed by atoms with Crippen LogP contribution < -0.4 is 5.32 Å². The van der Waals surface area contributed by atoms with Crippen molar-refractivity contribution in [2.75, 3.05) is 11.9 Å². The molecule has 142 valence electrons. The summed E-state index contributed by atoms with van der Waals surface area (Å²) in [6.07, 6.45) is 1.48. The standard InChI is InChI=1S/C18H10F3N3O3S/c19-10-5-12-16(15(21)14(10)20)24-18(28-12)23-13(25)7-27-17(26)9-6-22-11-4-2-1-3-8(9)11/h1-6,22H,7H2,(H,23,24,25). The average molecular weight is 405 g/mol. The number of ether oxygens (including phenoxy) is 1. The van der Waals surface area contributed by atoms with Crippen LogP contribution in [0.25, 0.3) is 21.1 Å². The number of amides is 1. The predicted octanol–water partition coefficient (Wildman–Crippen LogP) is 3.99. The number of halogens is 3. The highest BCUT2D eigenvalue weighted by molar-refractivity contribution is 7.22. The van der Waals surface area contributed by atoms with Crippen molar-refractivity contribution in [3.05, 3.63) is 59.5 Å². The van der Waals surface area contributed by atoms with Crippen molar-refractivity contribution in [1.29, 1.82) is 0 Å². The second-order valence-corrected chi connectivity index (χ2v) is 6.76. The van der Waals surface area contributed by atoms with Crippen molar-refractivity contribution >= 4 is 49.5 Å². The number of aromatic nitrogens is 2. The van der Waals surface area contributed by atoms with Crippen molar-refractivity contribution in [1.82, 2.24) is 9.97 Å². The Morgan fingerprint density at radius 3 is 2.79 bits per heavy atom. The van der Waals surface area contributed by atoms with Crippen LogP contribution in [0.5, 0.6) is 0 Å². The number of nitrogens with zero attached hydrogens (tertiary/aromatic N) is 1. The number of rotatable bonds is 4. The smallest absolute Gasteiger partial charge is 0.340 e. The van der Waals surface area contributed by atoms with Gasteiger partial charge in [0.15, 0.2) is 29.2 Å². The van der Waals surface area contributed by atoms with Crippen LogP contribution in [-0.4, -0.2) is 28.5 Å². The fourth-order valence-corrected chi connectivity index (χ4v) is 3.54. The number of benzene rings is 2. The van der Waals surface area contributed by atoms with Crippen LogP contribution >= 0.6 is 11.3 Å². The fraction of sp³-hybridized carbons (Fsp3) is 0.0556. The lowest BCUT2D eigenvalue weighted by molar-refractivity contribution is -0.119. The molecule has 1 amide bonds. The molecule has 4 aromatic rings. The van der Waals surface area contributed by atoms with Crippen molar-refractivity contribution < 1.29 is 27.5 Å². The number of hydrogen-bond acceptors (Lipinski definition) is 5. The Labute approximate surface area is 158 Å². The third kappa shape index (κ3) is 3.18. The molecule has 0 radical (unpaired) electrons. The molecule has 0 aliphatic carbocycles. The molecular formula is C18H10F3N3O3S. The van der Waals surface area contributed by atoms with Gasteiger partial charge in [-0.2, -0.15) is 0 Å². The van der Waals surface area contributed by atoms with E-state index in [2.05, 4.69) is 15.3 Å². The molecule has 0 spiro atoms. The molecule has 0 fully saturated rings. The Morgan fingerprint density at radius 2 is 1.96 bits per heavy atom. The van der Waals surface area contributed by atoms with E-state index in [0.717, 1.165) is 22.9 Å². The first kappa shape index (κ1) is 18.0. The number of esters is 1. The normalized spacial score (nSPS) is 11.1. The highest BCUT2D eigenvalue weighted by Crippen LogP contribution is 2.30. The van der Waals surface area contributed by atoms with E-state index in [1.54, 1.807) is 24.3 Å². The molecule has 0 aliphatic rings. The summed E-state index contributed by atoms with van der Waals surface area (Å²) in [6.45, 7) is -0.612.